The molecule has 4 saturated heterocycles. The van der Waals surface area contributed by atoms with Crippen LogP contribution < -0.4 is 20.3 Å². The summed E-state index contributed by atoms with van der Waals surface area (Å²) in [6.45, 7) is 12.9. The van der Waals surface area contributed by atoms with Crippen molar-refractivity contribution in [2.45, 2.75) is 75.9 Å². The highest BCUT2D eigenvalue weighted by Gasteiger charge is 2.40. The third-order valence-corrected chi connectivity index (χ3v) is 14.5. The largest absolute Gasteiger partial charge is 0.492 e. The number of nitrogens with one attached hydrogen (secondary N) is 2. The Balaban J connectivity index is 0.662. The molecule has 17 heteroatoms. The van der Waals surface area contributed by atoms with Crippen LogP contribution in [-0.4, -0.2) is 162 Å². The Labute approximate surface area is 386 Å². The van der Waals surface area contributed by atoms with Crippen LogP contribution in [0, 0.1) is 11.3 Å². The topological polar surface area (TPSA) is 181 Å². The van der Waals surface area contributed by atoms with Gasteiger partial charge in [0, 0.05) is 107 Å². The molecule has 1 unspecified atom stereocenters. The molecule has 0 aliphatic carbocycles. The van der Waals surface area contributed by atoms with Crippen molar-refractivity contribution in [1.82, 2.24) is 44.8 Å². The molecule has 17 nitrogen and oxygen atoms in total. The van der Waals surface area contributed by atoms with Gasteiger partial charge in [-0.15, -0.1) is 0 Å². The zero-order chi connectivity index (χ0) is 45.8. The van der Waals surface area contributed by atoms with Crippen molar-refractivity contribution in [1.29, 1.82) is 5.26 Å². The number of ether oxygens (including phenoxy) is 2. The van der Waals surface area contributed by atoms with Gasteiger partial charge in [0.1, 0.15) is 23.7 Å². The molecule has 4 aromatic rings. The normalized spacial score (nSPS) is 20.7. The van der Waals surface area contributed by atoms with Crippen LogP contribution in [0.5, 0.6) is 5.75 Å². The fourth-order valence-corrected chi connectivity index (χ4v) is 10.5. The van der Waals surface area contributed by atoms with Gasteiger partial charge in [-0.3, -0.25) is 34.3 Å². The standard InChI is InChI=1S/C49H61N11O6/c1-3-66-39-27-40(46-38(28-50)30-53-60(46)32-39)36-6-8-43(52-29-36)57-17-13-49(51-2,14-18-57)33-56-21-19-55(20-22-56)23-25-65-24-12-45(62)58-15-10-34(11-16-58)35-4-5-37-31-59(48(64)41(37)26-35)42-7-9-44(61)54-47(42)63/h4-6,8,26-27,29-30,32,34,42,51H,3,7,9-25,31,33H2,1-2H3,(H,54,61,63). The van der Waals surface area contributed by atoms with E-state index in [0.29, 0.717) is 69.2 Å². The number of likely N-dealkylation sites (tertiary alicyclic amines) is 1. The number of amides is 4. The molecule has 3 aromatic heterocycles. The molecule has 1 atom stereocenters. The number of nitriles is 1. The summed E-state index contributed by atoms with van der Waals surface area (Å²) in [7, 11) is 2.09. The number of anilines is 1. The van der Waals surface area contributed by atoms with Gasteiger partial charge in [0.05, 0.1) is 49.7 Å². The van der Waals surface area contributed by atoms with Crippen molar-refractivity contribution in [2.24, 2.45) is 0 Å². The van der Waals surface area contributed by atoms with Gasteiger partial charge in [0.15, 0.2) is 0 Å². The quantitative estimate of drug-likeness (QED) is 0.131. The van der Waals surface area contributed by atoms with Gasteiger partial charge < -0.3 is 29.5 Å². The molecular weight excluding hydrogens is 839 g/mol. The van der Waals surface area contributed by atoms with E-state index in [1.807, 2.05) is 36.2 Å². The van der Waals surface area contributed by atoms with Gasteiger partial charge in [0.25, 0.3) is 5.91 Å². The number of benzene rings is 1. The maximum atomic E-state index is 13.3. The van der Waals surface area contributed by atoms with E-state index >= 15 is 0 Å². The second-order valence-electron chi connectivity index (χ2n) is 18.4. The molecule has 2 N–H and O–H groups in total. The van der Waals surface area contributed by atoms with Crippen LogP contribution in [0.4, 0.5) is 5.82 Å². The van der Waals surface area contributed by atoms with Crippen LogP contribution >= 0.6 is 0 Å². The average molecular weight is 900 g/mol. The Morgan fingerprint density at radius 3 is 2.44 bits per heavy atom. The minimum Gasteiger partial charge on any atom is -0.492 e. The summed E-state index contributed by atoms with van der Waals surface area (Å²) in [6, 6.07) is 13.8. The van der Waals surface area contributed by atoms with Crippen LogP contribution in [0.1, 0.15) is 84.8 Å². The summed E-state index contributed by atoms with van der Waals surface area (Å²) < 4.78 is 13.5. The van der Waals surface area contributed by atoms with Gasteiger partial charge >= 0.3 is 0 Å². The number of rotatable bonds is 15. The second-order valence-corrected chi connectivity index (χ2v) is 18.4. The van der Waals surface area contributed by atoms with Crippen molar-refractivity contribution >= 4 is 35.0 Å². The first-order chi connectivity index (χ1) is 32.1. The van der Waals surface area contributed by atoms with E-state index in [4.69, 9.17) is 14.5 Å². The fourth-order valence-electron chi connectivity index (χ4n) is 10.5. The molecule has 8 heterocycles. The Morgan fingerprint density at radius 2 is 1.73 bits per heavy atom. The lowest BCUT2D eigenvalue weighted by atomic mass is 9.86. The first-order valence-electron chi connectivity index (χ1n) is 23.7. The average Bonchev–Trinajstić information content (AvgIpc) is 3.92. The Kier molecular flexibility index (Phi) is 13.6. The number of nitrogens with zero attached hydrogens (tertiary/aromatic N) is 9. The van der Waals surface area contributed by atoms with Gasteiger partial charge in [-0.2, -0.15) is 10.4 Å². The van der Waals surface area contributed by atoms with E-state index in [2.05, 4.69) is 61.7 Å². The zero-order valence-electron chi connectivity index (χ0n) is 38.2. The van der Waals surface area contributed by atoms with Crippen LogP contribution in [0.3, 0.4) is 0 Å². The number of hydrogen-bond donors (Lipinski definition) is 2. The lowest BCUT2D eigenvalue weighted by Gasteiger charge is -2.46. The second kappa shape index (κ2) is 19.9. The lowest BCUT2D eigenvalue weighted by Crippen LogP contribution is -2.60. The highest BCUT2D eigenvalue weighted by molar-refractivity contribution is 6.05. The number of pyridine rings is 2. The van der Waals surface area contributed by atoms with E-state index < -0.39 is 11.9 Å². The van der Waals surface area contributed by atoms with Crippen LogP contribution in [0.25, 0.3) is 16.6 Å². The molecule has 4 fully saturated rings. The molecule has 0 saturated carbocycles. The van der Waals surface area contributed by atoms with E-state index in [0.717, 1.165) is 112 Å². The zero-order valence-corrected chi connectivity index (χ0v) is 38.2. The molecule has 0 bridgehead atoms. The summed E-state index contributed by atoms with van der Waals surface area (Å²) in [5.41, 5.74) is 5.71. The maximum Gasteiger partial charge on any atom is 0.255 e. The first kappa shape index (κ1) is 45.2. The first-order valence-corrected chi connectivity index (χ1v) is 23.7. The number of aromatic nitrogens is 3. The molecule has 1 aromatic carbocycles. The van der Waals surface area contributed by atoms with Gasteiger partial charge in [-0.1, -0.05) is 12.1 Å². The molecule has 66 heavy (non-hydrogen) atoms. The number of carbonyl (C=O) groups is 4. The number of carbonyl (C=O) groups excluding carboxylic acids is 4. The van der Waals surface area contributed by atoms with Gasteiger partial charge in [-0.25, -0.2) is 9.50 Å². The smallest absolute Gasteiger partial charge is 0.255 e. The molecule has 4 amide bonds. The summed E-state index contributed by atoms with van der Waals surface area (Å²) >= 11 is 0. The minimum atomic E-state index is -0.620. The predicted octanol–water partition coefficient (Wildman–Crippen LogP) is 3.42. The molecule has 0 spiro atoms. The third kappa shape index (κ3) is 9.64. The van der Waals surface area contributed by atoms with Crippen LogP contribution in [0.15, 0.2) is 55.0 Å². The third-order valence-electron chi connectivity index (χ3n) is 14.5. The molecule has 5 aliphatic rings. The number of piperidine rings is 3. The van der Waals surface area contributed by atoms with Crippen molar-refractivity contribution < 1.29 is 28.7 Å². The molecule has 5 aliphatic heterocycles. The number of hydrogen-bond acceptors (Lipinski definition) is 13. The predicted molar refractivity (Wildman–Crippen MR) is 247 cm³/mol. The van der Waals surface area contributed by atoms with E-state index in [9.17, 15) is 24.4 Å². The SMILES string of the molecule is CCOc1cc(-c2ccc(N3CCC(CN4CCN(CCOCCC(=O)N5CCC(c6ccc7c(c6)C(=O)N(C6CCC(=O)NC6=O)C7)CC5)CC4)(NC)CC3)nc2)c2c(C#N)cnn2c1. The van der Waals surface area contributed by atoms with Crippen LogP contribution in [0.2, 0.25) is 0 Å². The van der Waals surface area contributed by atoms with E-state index in [-0.39, 0.29) is 35.6 Å². The van der Waals surface area contributed by atoms with Crippen molar-refractivity contribution in [3.8, 4) is 22.9 Å². The molecule has 9 rings (SSSR count). The van der Waals surface area contributed by atoms with Crippen molar-refractivity contribution in [3.63, 3.8) is 0 Å². The van der Waals surface area contributed by atoms with Crippen LogP contribution in [-0.2, 0) is 25.7 Å². The lowest BCUT2D eigenvalue weighted by molar-refractivity contribution is -0.137. The summed E-state index contributed by atoms with van der Waals surface area (Å²) in [5.74, 6) is 1.18. The highest BCUT2D eigenvalue weighted by atomic mass is 16.5. The molecule has 348 valence electrons. The molecule has 0 radical (unpaired) electrons. The van der Waals surface area contributed by atoms with Gasteiger partial charge in [-0.05, 0) is 87.4 Å². The van der Waals surface area contributed by atoms with Gasteiger partial charge in [0.2, 0.25) is 17.7 Å². The number of imide groups is 1. The van der Waals surface area contributed by atoms with E-state index in [1.54, 1.807) is 21.8 Å². The Hall–Kier alpha value is -5.93. The Morgan fingerprint density at radius 1 is 0.939 bits per heavy atom. The number of fused-ring (bicyclic) bond motifs is 2. The van der Waals surface area contributed by atoms with E-state index in [1.165, 1.54) is 0 Å². The molecular formula is C49H61N11O6. The van der Waals surface area contributed by atoms with Crippen molar-refractivity contribution in [3.05, 3.63) is 77.2 Å². The Bertz CT molecular complexity index is 2460. The number of likely N-dealkylation sites (N-methyl/N-ethyl adjacent to an activating group) is 1. The van der Waals surface area contributed by atoms with Crippen molar-refractivity contribution in [2.75, 3.05) is 97.2 Å². The fraction of sp³-hybridized carbons (Fsp3) is 0.531. The number of piperazine rings is 1. The monoisotopic (exact) mass is 899 g/mol. The highest BCUT2D eigenvalue weighted by Crippen LogP contribution is 2.35. The summed E-state index contributed by atoms with van der Waals surface area (Å²) in [4.78, 5) is 66.3. The summed E-state index contributed by atoms with van der Waals surface area (Å²) in [5, 5.41) is 20.2. The minimum absolute atomic E-state index is 0.0377. The maximum absolute atomic E-state index is 13.3. The summed E-state index contributed by atoms with van der Waals surface area (Å²) in [6.07, 6.45) is 9.92.